The fourth-order valence-corrected chi connectivity index (χ4v) is 2.16. The molecule has 0 radical (unpaired) electrons. The Morgan fingerprint density at radius 1 is 1.32 bits per heavy atom. The largest absolute Gasteiger partial charge is 0.379 e. The van der Waals surface area contributed by atoms with Crippen LogP contribution in [0.1, 0.15) is 44.9 Å². The van der Waals surface area contributed by atoms with Crippen molar-refractivity contribution in [1.82, 2.24) is 14.9 Å². The summed E-state index contributed by atoms with van der Waals surface area (Å²) in [6.07, 6.45) is 1.85. The number of hydrogen-bond donors (Lipinski definition) is 0. The summed E-state index contributed by atoms with van der Waals surface area (Å²) in [5.74, 6) is 0.367. The number of hydrogen-bond acceptors (Lipinski definition) is 4. The SMILES string of the molecule is CC.CC(C)c1nc(Cl)ncc1CN1CCOCC1. The number of aromatic nitrogens is 2. The molecule has 2 heterocycles. The molecule has 1 aliphatic rings. The molecule has 2 rings (SSSR count). The highest BCUT2D eigenvalue weighted by Gasteiger charge is 2.15. The molecule has 0 aliphatic carbocycles. The molecule has 0 saturated carbocycles. The van der Waals surface area contributed by atoms with E-state index in [4.69, 9.17) is 16.3 Å². The van der Waals surface area contributed by atoms with Crippen LogP contribution < -0.4 is 0 Å². The predicted octanol–water partition coefficient (Wildman–Crippen LogP) is 3.11. The van der Waals surface area contributed by atoms with Crippen LogP contribution in [0.15, 0.2) is 6.20 Å². The lowest BCUT2D eigenvalue weighted by Gasteiger charge is -2.27. The summed E-state index contributed by atoms with van der Waals surface area (Å²) in [4.78, 5) is 10.8. The van der Waals surface area contributed by atoms with E-state index in [1.807, 2.05) is 20.0 Å². The highest BCUT2D eigenvalue weighted by Crippen LogP contribution is 2.20. The van der Waals surface area contributed by atoms with Crippen molar-refractivity contribution in [1.29, 1.82) is 0 Å². The smallest absolute Gasteiger partial charge is 0.222 e. The summed E-state index contributed by atoms with van der Waals surface area (Å²) in [6.45, 7) is 12.7. The number of halogens is 1. The summed E-state index contributed by atoms with van der Waals surface area (Å²) >= 11 is 5.85. The summed E-state index contributed by atoms with van der Waals surface area (Å²) in [5, 5.41) is 0.333. The molecule has 108 valence electrons. The molecule has 0 aromatic carbocycles. The second-order valence-corrected chi connectivity index (χ2v) is 4.93. The third-order valence-electron chi connectivity index (χ3n) is 2.91. The zero-order valence-corrected chi connectivity index (χ0v) is 13.1. The van der Waals surface area contributed by atoms with Crippen LogP contribution in [0.4, 0.5) is 0 Å². The maximum Gasteiger partial charge on any atom is 0.222 e. The van der Waals surface area contributed by atoms with Gasteiger partial charge in [-0.3, -0.25) is 4.90 Å². The Balaban J connectivity index is 0.000000861. The van der Waals surface area contributed by atoms with E-state index in [9.17, 15) is 0 Å². The first kappa shape index (κ1) is 16.3. The standard InChI is InChI=1S/C12H18ClN3O.C2H6/c1-9(2)11-10(7-14-12(13)15-11)8-16-3-5-17-6-4-16;1-2/h7,9H,3-6,8H2,1-2H3;1-2H3. The van der Waals surface area contributed by atoms with Crippen molar-refractivity contribution in [3.05, 3.63) is 22.7 Å². The molecule has 1 fully saturated rings. The fraction of sp³-hybridized carbons (Fsp3) is 0.714. The molecule has 1 aliphatic heterocycles. The average Bonchev–Trinajstić information content (AvgIpc) is 2.44. The van der Waals surface area contributed by atoms with Gasteiger partial charge in [0.25, 0.3) is 0 Å². The Morgan fingerprint density at radius 2 is 1.95 bits per heavy atom. The van der Waals surface area contributed by atoms with Crippen LogP contribution in [0.25, 0.3) is 0 Å². The summed E-state index contributed by atoms with van der Waals surface area (Å²) in [5.41, 5.74) is 2.22. The van der Waals surface area contributed by atoms with Crippen molar-refractivity contribution in [3.8, 4) is 0 Å². The Hall–Kier alpha value is -0.710. The van der Waals surface area contributed by atoms with E-state index in [1.54, 1.807) is 0 Å². The fourth-order valence-electron chi connectivity index (χ4n) is 2.02. The number of nitrogens with zero attached hydrogens (tertiary/aromatic N) is 3. The van der Waals surface area contributed by atoms with Crippen molar-refractivity contribution < 1.29 is 4.74 Å². The van der Waals surface area contributed by atoms with Gasteiger partial charge in [0.15, 0.2) is 0 Å². The normalized spacial score (nSPS) is 16.1. The maximum atomic E-state index is 5.85. The van der Waals surface area contributed by atoms with Crippen LogP contribution in [0.5, 0.6) is 0 Å². The van der Waals surface area contributed by atoms with Gasteiger partial charge in [-0.25, -0.2) is 9.97 Å². The van der Waals surface area contributed by atoms with Gasteiger partial charge in [-0.2, -0.15) is 0 Å². The molecule has 0 spiro atoms. The zero-order chi connectivity index (χ0) is 14.3. The Labute approximate surface area is 121 Å². The number of ether oxygens (including phenoxy) is 1. The van der Waals surface area contributed by atoms with Crippen molar-refractivity contribution >= 4 is 11.6 Å². The molecule has 0 bridgehead atoms. The van der Waals surface area contributed by atoms with Gasteiger partial charge in [0.05, 0.1) is 18.9 Å². The van der Waals surface area contributed by atoms with Gasteiger partial charge in [-0.15, -0.1) is 0 Å². The monoisotopic (exact) mass is 285 g/mol. The van der Waals surface area contributed by atoms with Crippen molar-refractivity contribution in [2.45, 2.75) is 40.2 Å². The van der Waals surface area contributed by atoms with Gasteiger partial charge in [0.1, 0.15) is 0 Å². The quantitative estimate of drug-likeness (QED) is 0.800. The minimum absolute atomic E-state index is 0.333. The van der Waals surface area contributed by atoms with Gasteiger partial charge < -0.3 is 4.74 Å². The number of morpholine rings is 1. The van der Waals surface area contributed by atoms with E-state index in [0.717, 1.165) is 38.5 Å². The van der Waals surface area contributed by atoms with Gasteiger partial charge in [-0.05, 0) is 17.5 Å². The topological polar surface area (TPSA) is 38.2 Å². The van der Waals surface area contributed by atoms with Crippen LogP contribution in [0.3, 0.4) is 0 Å². The summed E-state index contributed by atoms with van der Waals surface area (Å²) < 4.78 is 5.34. The molecular formula is C14H24ClN3O. The van der Waals surface area contributed by atoms with E-state index in [1.165, 1.54) is 5.56 Å². The molecule has 0 N–H and O–H groups in total. The van der Waals surface area contributed by atoms with Crippen molar-refractivity contribution in [2.24, 2.45) is 0 Å². The minimum atomic E-state index is 0.333. The first-order valence-corrected chi connectivity index (χ1v) is 7.36. The molecule has 0 amide bonds. The van der Waals surface area contributed by atoms with Gasteiger partial charge in [0, 0.05) is 31.4 Å². The Morgan fingerprint density at radius 3 is 2.53 bits per heavy atom. The summed E-state index contributed by atoms with van der Waals surface area (Å²) in [7, 11) is 0. The van der Waals surface area contributed by atoms with Gasteiger partial charge in [0.2, 0.25) is 5.28 Å². The van der Waals surface area contributed by atoms with E-state index in [2.05, 4.69) is 28.7 Å². The van der Waals surface area contributed by atoms with E-state index < -0.39 is 0 Å². The van der Waals surface area contributed by atoms with Crippen LogP contribution >= 0.6 is 11.6 Å². The Kier molecular flexibility index (Phi) is 7.28. The molecular weight excluding hydrogens is 262 g/mol. The second kappa shape index (κ2) is 8.46. The second-order valence-electron chi connectivity index (χ2n) is 4.59. The van der Waals surface area contributed by atoms with Gasteiger partial charge >= 0.3 is 0 Å². The lowest BCUT2D eigenvalue weighted by Crippen LogP contribution is -2.36. The first-order valence-electron chi connectivity index (χ1n) is 6.98. The Bertz CT molecular complexity index is 379. The highest BCUT2D eigenvalue weighted by molar-refractivity contribution is 6.28. The maximum absolute atomic E-state index is 5.85. The van der Waals surface area contributed by atoms with Crippen molar-refractivity contribution in [2.75, 3.05) is 26.3 Å². The molecule has 1 aromatic heterocycles. The molecule has 1 saturated heterocycles. The molecule has 1 aromatic rings. The predicted molar refractivity (Wildman–Crippen MR) is 78.6 cm³/mol. The van der Waals surface area contributed by atoms with Crippen LogP contribution in [-0.2, 0) is 11.3 Å². The third-order valence-corrected chi connectivity index (χ3v) is 3.10. The average molecular weight is 286 g/mol. The molecule has 0 unspecified atom stereocenters. The molecule has 4 nitrogen and oxygen atoms in total. The van der Waals surface area contributed by atoms with Gasteiger partial charge in [-0.1, -0.05) is 27.7 Å². The van der Waals surface area contributed by atoms with E-state index in [-0.39, 0.29) is 0 Å². The lowest BCUT2D eigenvalue weighted by atomic mass is 10.0. The summed E-state index contributed by atoms with van der Waals surface area (Å²) in [6, 6.07) is 0. The molecule has 0 atom stereocenters. The van der Waals surface area contributed by atoms with Crippen molar-refractivity contribution in [3.63, 3.8) is 0 Å². The third kappa shape index (κ3) is 5.05. The zero-order valence-electron chi connectivity index (χ0n) is 12.3. The minimum Gasteiger partial charge on any atom is -0.379 e. The highest BCUT2D eigenvalue weighted by atomic mass is 35.5. The lowest BCUT2D eigenvalue weighted by molar-refractivity contribution is 0.0339. The molecule has 5 heteroatoms. The van der Waals surface area contributed by atoms with E-state index >= 15 is 0 Å². The van der Waals surface area contributed by atoms with Crippen LogP contribution in [0, 0.1) is 0 Å². The number of rotatable bonds is 3. The first-order chi connectivity index (χ1) is 9.16. The van der Waals surface area contributed by atoms with Crippen LogP contribution in [-0.4, -0.2) is 41.2 Å². The van der Waals surface area contributed by atoms with E-state index in [0.29, 0.717) is 11.2 Å². The molecule has 19 heavy (non-hydrogen) atoms. The van der Waals surface area contributed by atoms with Crippen LogP contribution in [0.2, 0.25) is 5.28 Å².